The number of benzene rings is 2. The van der Waals surface area contributed by atoms with Crippen LogP contribution in [0.3, 0.4) is 0 Å². The summed E-state index contributed by atoms with van der Waals surface area (Å²) >= 11 is 0. The third-order valence-electron chi connectivity index (χ3n) is 2.91. The van der Waals surface area contributed by atoms with Gasteiger partial charge in [0.2, 0.25) is 0 Å². The van der Waals surface area contributed by atoms with Gasteiger partial charge < -0.3 is 20.9 Å². The fourth-order valence-electron chi connectivity index (χ4n) is 1.94. The van der Waals surface area contributed by atoms with Crippen molar-refractivity contribution in [2.45, 2.75) is 6.92 Å². The maximum absolute atomic E-state index is 12.4. The molecule has 0 unspecified atom stereocenters. The Bertz CT molecular complexity index is 786. The molecule has 0 aromatic heterocycles. The molecule has 0 aliphatic rings. The van der Waals surface area contributed by atoms with Gasteiger partial charge in [-0.05, 0) is 30.3 Å². The fraction of sp³-hybridized carbons (Fsp3) is 0.0625. The number of carbonyl (C=O) groups excluding carboxylic acids is 2. The standard InChI is InChI=1S/C16H14N2O5/c1-9(19)23-14-5-3-2-4-12(14)15(20)18-13-8-10(17)6-7-11(13)16(21)22/h2-8H,17H2,1H3,(H,18,20)(H,21,22). The van der Waals surface area contributed by atoms with E-state index in [1.807, 2.05) is 0 Å². The molecular formula is C16H14N2O5. The number of carboxylic acids is 1. The summed E-state index contributed by atoms with van der Waals surface area (Å²) in [7, 11) is 0. The highest BCUT2D eigenvalue weighted by molar-refractivity contribution is 6.09. The van der Waals surface area contributed by atoms with Crippen LogP contribution in [0, 0.1) is 0 Å². The van der Waals surface area contributed by atoms with Crippen LogP contribution in [0.4, 0.5) is 11.4 Å². The number of hydrogen-bond donors (Lipinski definition) is 3. The summed E-state index contributed by atoms with van der Waals surface area (Å²) in [5.74, 6) is -2.30. The van der Waals surface area contributed by atoms with Crippen LogP contribution in [-0.4, -0.2) is 23.0 Å². The minimum Gasteiger partial charge on any atom is -0.478 e. The molecule has 0 heterocycles. The van der Waals surface area contributed by atoms with Gasteiger partial charge in [0, 0.05) is 12.6 Å². The van der Waals surface area contributed by atoms with Gasteiger partial charge in [0.15, 0.2) is 0 Å². The Balaban J connectivity index is 2.35. The lowest BCUT2D eigenvalue weighted by Gasteiger charge is -2.11. The number of nitrogen functional groups attached to an aromatic ring is 1. The van der Waals surface area contributed by atoms with E-state index >= 15 is 0 Å². The lowest BCUT2D eigenvalue weighted by atomic mass is 10.1. The molecule has 7 nitrogen and oxygen atoms in total. The zero-order chi connectivity index (χ0) is 17.0. The fourth-order valence-corrected chi connectivity index (χ4v) is 1.94. The Morgan fingerprint density at radius 3 is 2.43 bits per heavy atom. The number of amides is 1. The van der Waals surface area contributed by atoms with Crippen LogP contribution >= 0.6 is 0 Å². The molecule has 0 radical (unpaired) electrons. The van der Waals surface area contributed by atoms with Gasteiger partial charge >= 0.3 is 11.9 Å². The van der Waals surface area contributed by atoms with Crippen molar-refractivity contribution in [3.8, 4) is 5.75 Å². The first-order chi connectivity index (χ1) is 10.9. The molecule has 0 aliphatic carbocycles. The van der Waals surface area contributed by atoms with Crippen molar-refractivity contribution in [2.75, 3.05) is 11.1 Å². The predicted molar refractivity (Wildman–Crippen MR) is 83.5 cm³/mol. The second-order valence-corrected chi connectivity index (χ2v) is 4.65. The molecule has 23 heavy (non-hydrogen) atoms. The van der Waals surface area contributed by atoms with Gasteiger partial charge in [-0.2, -0.15) is 0 Å². The van der Waals surface area contributed by atoms with Gasteiger partial charge in [-0.25, -0.2) is 4.79 Å². The Morgan fingerprint density at radius 1 is 1.09 bits per heavy atom. The quantitative estimate of drug-likeness (QED) is 0.452. The number of rotatable bonds is 4. The molecule has 118 valence electrons. The van der Waals surface area contributed by atoms with E-state index in [1.54, 1.807) is 12.1 Å². The number of nitrogens with two attached hydrogens (primary N) is 1. The zero-order valence-electron chi connectivity index (χ0n) is 12.2. The van der Waals surface area contributed by atoms with E-state index in [4.69, 9.17) is 15.6 Å². The van der Waals surface area contributed by atoms with Gasteiger partial charge in [-0.15, -0.1) is 0 Å². The van der Waals surface area contributed by atoms with E-state index in [0.717, 1.165) is 0 Å². The largest absolute Gasteiger partial charge is 0.478 e. The van der Waals surface area contributed by atoms with Crippen LogP contribution in [0.25, 0.3) is 0 Å². The minimum absolute atomic E-state index is 0.0557. The van der Waals surface area contributed by atoms with E-state index < -0.39 is 17.8 Å². The first kappa shape index (κ1) is 16.0. The first-order valence-corrected chi connectivity index (χ1v) is 6.60. The number of aromatic carboxylic acids is 1. The number of esters is 1. The third-order valence-corrected chi connectivity index (χ3v) is 2.91. The summed E-state index contributed by atoms with van der Waals surface area (Å²) < 4.78 is 4.96. The van der Waals surface area contributed by atoms with Gasteiger partial charge in [0.1, 0.15) is 5.75 Å². The van der Waals surface area contributed by atoms with Gasteiger partial charge in [-0.3, -0.25) is 9.59 Å². The SMILES string of the molecule is CC(=O)Oc1ccccc1C(=O)Nc1cc(N)ccc1C(=O)O. The summed E-state index contributed by atoms with van der Waals surface area (Å²) in [5.41, 5.74) is 5.98. The molecule has 0 saturated carbocycles. The molecule has 2 aromatic rings. The highest BCUT2D eigenvalue weighted by atomic mass is 16.5. The first-order valence-electron chi connectivity index (χ1n) is 6.60. The maximum Gasteiger partial charge on any atom is 0.337 e. The van der Waals surface area contributed by atoms with Crippen LogP contribution in [0.1, 0.15) is 27.6 Å². The van der Waals surface area contributed by atoms with Gasteiger partial charge in [0.05, 0.1) is 16.8 Å². The monoisotopic (exact) mass is 314 g/mol. The lowest BCUT2D eigenvalue weighted by molar-refractivity contribution is -0.131. The van der Waals surface area contributed by atoms with Crippen LogP contribution in [0.15, 0.2) is 42.5 Å². The third kappa shape index (κ3) is 3.85. The average Bonchev–Trinajstić information content (AvgIpc) is 2.46. The molecule has 0 spiro atoms. The second-order valence-electron chi connectivity index (χ2n) is 4.65. The summed E-state index contributed by atoms with van der Waals surface area (Å²) in [6.45, 7) is 1.22. The Kier molecular flexibility index (Phi) is 4.61. The summed E-state index contributed by atoms with van der Waals surface area (Å²) in [4.78, 5) is 34.7. The Morgan fingerprint density at radius 2 is 1.78 bits per heavy atom. The lowest BCUT2D eigenvalue weighted by Crippen LogP contribution is -2.17. The van der Waals surface area contributed by atoms with Crippen LogP contribution in [-0.2, 0) is 4.79 Å². The summed E-state index contributed by atoms with van der Waals surface area (Å²) in [6, 6.07) is 10.2. The van der Waals surface area contributed by atoms with Crippen LogP contribution < -0.4 is 15.8 Å². The van der Waals surface area contributed by atoms with Crippen molar-refractivity contribution < 1.29 is 24.2 Å². The van der Waals surface area contributed by atoms with Crippen LogP contribution in [0.2, 0.25) is 0 Å². The molecule has 4 N–H and O–H groups in total. The number of anilines is 2. The molecule has 7 heteroatoms. The molecule has 0 aliphatic heterocycles. The van der Waals surface area contributed by atoms with E-state index in [9.17, 15) is 14.4 Å². The van der Waals surface area contributed by atoms with E-state index in [1.165, 1.54) is 37.3 Å². The van der Waals surface area contributed by atoms with Gasteiger partial charge in [-0.1, -0.05) is 12.1 Å². The Labute approximate surface area is 131 Å². The number of carbonyl (C=O) groups is 3. The van der Waals surface area contributed by atoms with Crippen molar-refractivity contribution in [2.24, 2.45) is 0 Å². The molecule has 2 rings (SSSR count). The number of nitrogens with one attached hydrogen (secondary N) is 1. The molecule has 0 bridgehead atoms. The predicted octanol–water partition coefficient (Wildman–Crippen LogP) is 2.14. The summed E-state index contributed by atoms with van der Waals surface area (Å²) in [6.07, 6.45) is 0. The Hall–Kier alpha value is -3.35. The van der Waals surface area contributed by atoms with Crippen LogP contribution in [0.5, 0.6) is 5.75 Å². The van der Waals surface area contributed by atoms with Crippen molar-refractivity contribution in [3.05, 3.63) is 53.6 Å². The zero-order valence-corrected chi connectivity index (χ0v) is 12.2. The molecular weight excluding hydrogens is 300 g/mol. The highest BCUT2D eigenvalue weighted by Gasteiger charge is 2.17. The number of para-hydroxylation sites is 1. The van der Waals surface area contributed by atoms with Crippen molar-refractivity contribution in [3.63, 3.8) is 0 Å². The van der Waals surface area contributed by atoms with Crippen molar-refractivity contribution >= 4 is 29.2 Å². The van der Waals surface area contributed by atoms with E-state index in [2.05, 4.69) is 5.32 Å². The second kappa shape index (κ2) is 6.61. The van der Waals surface area contributed by atoms with Gasteiger partial charge in [0.25, 0.3) is 5.91 Å². The summed E-state index contributed by atoms with van der Waals surface area (Å²) in [5, 5.41) is 11.6. The highest BCUT2D eigenvalue weighted by Crippen LogP contribution is 2.23. The maximum atomic E-state index is 12.4. The molecule has 1 amide bonds. The topological polar surface area (TPSA) is 119 Å². The average molecular weight is 314 g/mol. The molecule has 0 atom stereocenters. The smallest absolute Gasteiger partial charge is 0.337 e. The van der Waals surface area contributed by atoms with E-state index in [-0.39, 0.29) is 22.6 Å². The molecule has 0 fully saturated rings. The van der Waals surface area contributed by atoms with E-state index in [0.29, 0.717) is 5.69 Å². The van der Waals surface area contributed by atoms with Crippen molar-refractivity contribution in [1.82, 2.24) is 0 Å². The number of carboxylic acid groups (broad SMARTS) is 1. The van der Waals surface area contributed by atoms with Crippen molar-refractivity contribution in [1.29, 1.82) is 0 Å². The number of ether oxygens (including phenoxy) is 1. The minimum atomic E-state index is -1.20. The normalized spacial score (nSPS) is 9.96. The number of hydrogen-bond acceptors (Lipinski definition) is 5. The molecule has 2 aromatic carbocycles. The molecule has 0 saturated heterocycles.